The highest BCUT2D eigenvalue weighted by atomic mass is 35.5. The van der Waals surface area contributed by atoms with Crippen LogP contribution in [0.2, 0.25) is 5.02 Å². The van der Waals surface area contributed by atoms with E-state index in [0.29, 0.717) is 48.0 Å². The summed E-state index contributed by atoms with van der Waals surface area (Å²) in [6.45, 7) is 3.81. The minimum atomic E-state index is -0.338. The van der Waals surface area contributed by atoms with E-state index < -0.39 is 0 Å². The van der Waals surface area contributed by atoms with Crippen LogP contribution in [-0.4, -0.2) is 11.9 Å². The molecular formula is C18H19ClO4. The van der Waals surface area contributed by atoms with Crippen molar-refractivity contribution in [2.24, 2.45) is 0 Å². The van der Waals surface area contributed by atoms with Crippen LogP contribution in [0, 0.1) is 0 Å². The third-order valence-electron chi connectivity index (χ3n) is 3.26. The zero-order chi connectivity index (χ0) is 16.8. The monoisotopic (exact) mass is 334 g/mol. The predicted molar refractivity (Wildman–Crippen MR) is 90.0 cm³/mol. The second-order valence-corrected chi connectivity index (χ2v) is 5.59. The Morgan fingerprint density at radius 3 is 2.13 bits per heavy atom. The van der Waals surface area contributed by atoms with Gasteiger partial charge in [-0.3, -0.25) is 9.59 Å². The molecule has 0 radical (unpaired) electrons. The van der Waals surface area contributed by atoms with Gasteiger partial charge in [-0.05, 0) is 12.8 Å². The van der Waals surface area contributed by atoms with Gasteiger partial charge in [0.1, 0.15) is 5.75 Å². The molecule has 0 saturated heterocycles. The summed E-state index contributed by atoms with van der Waals surface area (Å²) in [7, 11) is 0. The van der Waals surface area contributed by atoms with E-state index in [0.717, 1.165) is 0 Å². The van der Waals surface area contributed by atoms with Gasteiger partial charge in [-0.2, -0.15) is 0 Å². The van der Waals surface area contributed by atoms with Crippen LogP contribution in [0.5, 0.6) is 11.5 Å². The Morgan fingerprint density at radius 1 is 0.957 bits per heavy atom. The number of rotatable bonds is 6. The fraction of sp³-hybridized carbons (Fsp3) is 0.333. The molecule has 0 bridgehead atoms. The van der Waals surface area contributed by atoms with Gasteiger partial charge < -0.3 is 9.47 Å². The first-order chi connectivity index (χ1) is 11.1. The van der Waals surface area contributed by atoms with Crippen molar-refractivity contribution in [3.05, 3.63) is 35.4 Å². The average Bonchev–Trinajstić information content (AvgIpc) is 2.51. The number of benzene rings is 2. The largest absolute Gasteiger partial charge is 0.426 e. The minimum Gasteiger partial charge on any atom is -0.426 e. The lowest BCUT2D eigenvalue weighted by molar-refractivity contribution is -0.135. The molecule has 122 valence electrons. The second-order valence-electron chi connectivity index (χ2n) is 5.18. The van der Waals surface area contributed by atoms with Gasteiger partial charge in [0.2, 0.25) is 0 Å². The number of esters is 2. The number of carbonyl (C=O) groups excluding carboxylic acids is 2. The van der Waals surface area contributed by atoms with Crippen LogP contribution in [0.25, 0.3) is 10.8 Å². The molecule has 0 spiro atoms. The number of hydrogen-bond donors (Lipinski definition) is 0. The van der Waals surface area contributed by atoms with E-state index in [1.165, 1.54) is 6.07 Å². The van der Waals surface area contributed by atoms with Crippen LogP contribution in [-0.2, 0) is 9.59 Å². The maximum atomic E-state index is 11.8. The number of hydrogen-bond acceptors (Lipinski definition) is 4. The summed E-state index contributed by atoms with van der Waals surface area (Å²) >= 11 is 6.24. The molecule has 0 heterocycles. The number of carbonyl (C=O) groups is 2. The molecule has 2 aromatic carbocycles. The lowest BCUT2D eigenvalue weighted by Crippen LogP contribution is -2.09. The van der Waals surface area contributed by atoms with Crippen molar-refractivity contribution in [2.45, 2.75) is 39.5 Å². The van der Waals surface area contributed by atoms with Gasteiger partial charge in [-0.25, -0.2) is 0 Å². The van der Waals surface area contributed by atoms with Crippen LogP contribution in [0.1, 0.15) is 39.5 Å². The molecule has 0 unspecified atom stereocenters. The molecule has 0 atom stereocenters. The Balaban J connectivity index is 2.45. The zero-order valence-electron chi connectivity index (χ0n) is 13.2. The highest BCUT2D eigenvalue weighted by Crippen LogP contribution is 2.40. The van der Waals surface area contributed by atoms with E-state index in [1.54, 1.807) is 12.1 Å². The van der Waals surface area contributed by atoms with Crippen LogP contribution in [0.3, 0.4) is 0 Å². The fourth-order valence-electron chi connectivity index (χ4n) is 2.22. The normalized spacial score (nSPS) is 10.6. The van der Waals surface area contributed by atoms with E-state index in [4.69, 9.17) is 21.1 Å². The van der Waals surface area contributed by atoms with Gasteiger partial charge in [-0.1, -0.05) is 49.7 Å². The van der Waals surface area contributed by atoms with Gasteiger partial charge in [-0.15, -0.1) is 0 Å². The lowest BCUT2D eigenvalue weighted by Gasteiger charge is -2.13. The molecule has 0 aliphatic heterocycles. The first kappa shape index (κ1) is 17.3. The molecule has 0 fully saturated rings. The molecule has 2 rings (SSSR count). The van der Waals surface area contributed by atoms with Crippen LogP contribution < -0.4 is 9.47 Å². The van der Waals surface area contributed by atoms with E-state index >= 15 is 0 Å². The van der Waals surface area contributed by atoms with Crippen molar-refractivity contribution < 1.29 is 19.1 Å². The van der Waals surface area contributed by atoms with E-state index in [1.807, 2.05) is 26.0 Å². The summed E-state index contributed by atoms with van der Waals surface area (Å²) in [5.41, 5.74) is 0. The summed E-state index contributed by atoms with van der Waals surface area (Å²) in [6.07, 6.45) is 2.05. The van der Waals surface area contributed by atoms with Crippen molar-refractivity contribution >= 4 is 34.3 Å². The maximum Gasteiger partial charge on any atom is 0.311 e. The Morgan fingerprint density at radius 2 is 1.52 bits per heavy atom. The molecular weight excluding hydrogens is 316 g/mol. The Bertz CT molecular complexity index is 724. The molecule has 0 amide bonds. The third-order valence-corrected chi connectivity index (χ3v) is 3.54. The van der Waals surface area contributed by atoms with Crippen molar-refractivity contribution in [1.82, 2.24) is 0 Å². The molecule has 23 heavy (non-hydrogen) atoms. The average molecular weight is 335 g/mol. The number of fused-ring (bicyclic) bond motifs is 1. The van der Waals surface area contributed by atoms with E-state index in [2.05, 4.69) is 0 Å². The number of halogens is 1. The summed E-state index contributed by atoms with van der Waals surface area (Å²) in [5, 5.41) is 1.57. The smallest absolute Gasteiger partial charge is 0.311 e. The quantitative estimate of drug-likeness (QED) is 0.556. The number of ether oxygens (including phenoxy) is 2. The van der Waals surface area contributed by atoms with Crippen molar-refractivity contribution in [3.8, 4) is 11.5 Å². The van der Waals surface area contributed by atoms with Crippen LogP contribution in [0.15, 0.2) is 30.3 Å². The first-order valence-corrected chi connectivity index (χ1v) is 8.07. The van der Waals surface area contributed by atoms with Crippen molar-refractivity contribution in [1.29, 1.82) is 0 Å². The summed E-state index contributed by atoms with van der Waals surface area (Å²) in [6, 6.07) is 8.74. The summed E-state index contributed by atoms with van der Waals surface area (Å²) in [4.78, 5) is 23.6. The van der Waals surface area contributed by atoms with Gasteiger partial charge in [0.25, 0.3) is 0 Å². The molecule has 0 saturated carbocycles. The summed E-state index contributed by atoms with van der Waals surface area (Å²) in [5.74, 6) is 0.0232. The van der Waals surface area contributed by atoms with Crippen LogP contribution in [0.4, 0.5) is 0 Å². The highest BCUT2D eigenvalue weighted by Gasteiger charge is 2.17. The molecule has 2 aromatic rings. The zero-order valence-corrected chi connectivity index (χ0v) is 14.0. The Kier molecular flexibility index (Phi) is 5.99. The standard InChI is InChI=1S/C18H19ClO4/c1-3-7-16(20)22-15-11-14(19)18(23-17(21)8-4-2)13-10-6-5-9-12(13)15/h5-6,9-11H,3-4,7-8H2,1-2H3. The molecule has 0 aliphatic rings. The topological polar surface area (TPSA) is 52.6 Å². The summed E-state index contributed by atoms with van der Waals surface area (Å²) < 4.78 is 10.8. The third kappa shape index (κ3) is 4.23. The van der Waals surface area contributed by atoms with Crippen molar-refractivity contribution in [3.63, 3.8) is 0 Å². The molecule has 0 aromatic heterocycles. The first-order valence-electron chi connectivity index (χ1n) is 7.69. The SMILES string of the molecule is CCCC(=O)Oc1cc(Cl)c(OC(=O)CCC)c2ccccc12. The molecule has 0 N–H and O–H groups in total. The van der Waals surface area contributed by atoms with Gasteiger partial charge >= 0.3 is 11.9 Å². The van der Waals surface area contributed by atoms with Crippen LogP contribution >= 0.6 is 11.6 Å². The molecule has 0 aliphatic carbocycles. The lowest BCUT2D eigenvalue weighted by atomic mass is 10.1. The fourth-order valence-corrected chi connectivity index (χ4v) is 2.46. The van der Waals surface area contributed by atoms with Gasteiger partial charge in [0, 0.05) is 29.7 Å². The molecule has 4 nitrogen and oxygen atoms in total. The van der Waals surface area contributed by atoms with E-state index in [-0.39, 0.29) is 17.0 Å². The Labute approximate surface area is 140 Å². The maximum absolute atomic E-state index is 11.8. The second kappa shape index (κ2) is 7.97. The molecule has 5 heteroatoms. The van der Waals surface area contributed by atoms with Crippen molar-refractivity contribution in [2.75, 3.05) is 0 Å². The predicted octanol–water partition coefficient (Wildman–Crippen LogP) is 4.90. The van der Waals surface area contributed by atoms with Gasteiger partial charge in [0.05, 0.1) is 5.02 Å². The minimum absolute atomic E-state index is 0.243. The highest BCUT2D eigenvalue weighted by molar-refractivity contribution is 6.33. The van der Waals surface area contributed by atoms with E-state index in [9.17, 15) is 9.59 Å². The Hall–Kier alpha value is -2.07. The van der Waals surface area contributed by atoms with Gasteiger partial charge in [0.15, 0.2) is 5.75 Å².